The van der Waals surface area contributed by atoms with E-state index < -0.39 is 29.5 Å². The van der Waals surface area contributed by atoms with Crippen molar-refractivity contribution in [3.05, 3.63) is 58.4 Å². The van der Waals surface area contributed by atoms with Crippen molar-refractivity contribution in [2.75, 3.05) is 4.90 Å². The first-order valence-corrected chi connectivity index (χ1v) is 7.50. The third kappa shape index (κ3) is 2.72. The third-order valence-corrected chi connectivity index (χ3v) is 4.17. The number of fused-ring (bicyclic) bond motifs is 1. The van der Waals surface area contributed by atoms with Crippen molar-refractivity contribution in [1.29, 1.82) is 0 Å². The van der Waals surface area contributed by atoms with Crippen LogP contribution in [0, 0.1) is 31.3 Å². The lowest BCUT2D eigenvalue weighted by molar-refractivity contribution is -0.125. The molecule has 3 nitrogen and oxygen atoms in total. The van der Waals surface area contributed by atoms with Crippen molar-refractivity contribution < 1.29 is 22.7 Å². The summed E-state index contributed by atoms with van der Waals surface area (Å²) >= 11 is 0. The monoisotopic (exact) mass is 335 g/mol. The molecule has 0 saturated carbocycles. The smallest absolute Gasteiger partial charge is 0.268 e. The highest BCUT2D eigenvalue weighted by Crippen LogP contribution is 2.40. The molecule has 1 amide bonds. The highest BCUT2D eigenvalue weighted by Gasteiger charge is 2.34. The van der Waals surface area contributed by atoms with Gasteiger partial charge < -0.3 is 9.64 Å². The van der Waals surface area contributed by atoms with E-state index in [9.17, 15) is 18.0 Å². The van der Waals surface area contributed by atoms with Gasteiger partial charge in [-0.15, -0.1) is 0 Å². The molecule has 126 valence electrons. The van der Waals surface area contributed by atoms with Gasteiger partial charge in [0.15, 0.2) is 17.7 Å². The maximum atomic E-state index is 14.5. The minimum Gasteiger partial charge on any atom is -0.476 e. The van der Waals surface area contributed by atoms with Crippen LogP contribution in [0.2, 0.25) is 0 Å². The van der Waals surface area contributed by atoms with Gasteiger partial charge in [-0.2, -0.15) is 0 Å². The number of benzene rings is 2. The summed E-state index contributed by atoms with van der Waals surface area (Å²) in [6, 6.07) is 4.70. The van der Waals surface area contributed by atoms with Gasteiger partial charge in [0, 0.05) is 6.07 Å². The standard InChI is InChI=1S/C18H16F3NO2/c1-9-4-15-17(16(21)10(9)2)24-11(3)18(23)22(15)8-12-5-13(19)7-14(20)6-12/h4-7,11H,8H2,1-3H3/t11-/m0/s1. The molecule has 0 spiro atoms. The Morgan fingerprint density at radius 3 is 2.33 bits per heavy atom. The fraction of sp³-hybridized carbons (Fsp3) is 0.278. The topological polar surface area (TPSA) is 29.5 Å². The van der Waals surface area contributed by atoms with Crippen LogP contribution in [0.15, 0.2) is 24.3 Å². The molecule has 0 aromatic heterocycles. The van der Waals surface area contributed by atoms with Crippen molar-refractivity contribution >= 4 is 11.6 Å². The van der Waals surface area contributed by atoms with Gasteiger partial charge in [-0.1, -0.05) is 0 Å². The van der Waals surface area contributed by atoms with Gasteiger partial charge in [-0.05, 0) is 55.7 Å². The van der Waals surface area contributed by atoms with Crippen LogP contribution in [0.5, 0.6) is 5.75 Å². The van der Waals surface area contributed by atoms with Gasteiger partial charge >= 0.3 is 0 Å². The van der Waals surface area contributed by atoms with Crippen LogP contribution in [-0.2, 0) is 11.3 Å². The first-order valence-electron chi connectivity index (χ1n) is 7.50. The molecule has 0 unspecified atom stereocenters. The number of carbonyl (C=O) groups is 1. The Balaban J connectivity index is 2.09. The van der Waals surface area contributed by atoms with Crippen molar-refractivity contribution in [2.24, 2.45) is 0 Å². The summed E-state index contributed by atoms with van der Waals surface area (Å²) in [7, 11) is 0. The van der Waals surface area contributed by atoms with E-state index in [2.05, 4.69) is 0 Å². The van der Waals surface area contributed by atoms with E-state index in [0.29, 0.717) is 11.1 Å². The fourth-order valence-electron chi connectivity index (χ4n) is 2.76. The quantitative estimate of drug-likeness (QED) is 0.829. The molecule has 0 radical (unpaired) electrons. The van der Waals surface area contributed by atoms with Crippen molar-refractivity contribution in [1.82, 2.24) is 0 Å². The Kier molecular flexibility index (Phi) is 3.99. The summed E-state index contributed by atoms with van der Waals surface area (Å²) in [5.41, 5.74) is 1.64. The van der Waals surface area contributed by atoms with Gasteiger partial charge in [0.25, 0.3) is 5.91 Å². The summed E-state index contributed by atoms with van der Waals surface area (Å²) in [6.45, 7) is 4.79. The molecule has 24 heavy (non-hydrogen) atoms. The lowest BCUT2D eigenvalue weighted by Crippen LogP contribution is -2.44. The number of rotatable bonds is 2. The summed E-state index contributed by atoms with van der Waals surface area (Å²) in [4.78, 5) is 13.8. The number of amides is 1. The van der Waals surface area contributed by atoms with Gasteiger partial charge in [0.2, 0.25) is 0 Å². The van der Waals surface area contributed by atoms with E-state index in [1.807, 2.05) is 0 Å². The number of aryl methyl sites for hydroxylation is 1. The van der Waals surface area contributed by atoms with Crippen LogP contribution in [0.1, 0.15) is 23.6 Å². The van der Waals surface area contributed by atoms with Crippen LogP contribution in [0.3, 0.4) is 0 Å². The lowest BCUT2D eigenvalue weighted by Gasteiger charge is -2.34. The average Bonchev–Trinajstić information content (AvgIpc) is 2.50. The number of hydrogen-bond donors (Lipinski definition) is 0. The third-order valence-electron chi connectivity index (χ3n) is 4.17. The van der Waals surface area contributed by atoms with Crippen molar-refractivity contribution in [3.8, 4) is 5.75 Å². The zero-order valence-corrected chi connectivity index (χ0v) is 13.5. The largest absolute Gasteiger partial charge is 0.476 e. The average molecular weight is 335 g/mol. The molecule has 1 heterocycles. The second-order valence-electron chi connectivity index (χ2n) is 5.94. The van der Waals surface area contributed by atoms with Crippen LogP contribution in [0.4, 0.5) is 18.9 Å². The van der Waals surface area contributed by atoms with E-state index in [1.54, 1.807) is 19.9 Å². The summed E-state index contributed by atoms with van der Waals surface area (Å²) < 4.78 is 46.7. The predicted molar refractivity (Wildman–Crippen MR) is 83.5 cm³/mol. The molecule has 0 aliphatic carbocycles. The second-order valence-corrected chi connectivity index (χ2v) is 5.94. The first kappa shape index (κ1) is 16.4. The number of ether oxygens (including phenoxy) is 1. The maximum Gasteiger partial charge on any atom is 0.268 e. The molecule has 6 heteroatoms. The van der Waals surface area contributed by atoms with Gasteiger partial charge in [0.1, 0.15) is 11.6 Å². The van der Waals surface area contributed by atoms with Crippen LogP contribution in [-0.4, -0.2) is 12.0 Å². The summed E-state index contributed by atoms with van der Waals surface area (Å²) in [6.07, 6.45) is -0.882. The molecule has 2 aromatic rings. The van der Waals surface area contributed by atoms with E-state index in [1.165, 1.54) is 11.8 Å². The Morgan fingerprint density at radius 2 is 1.71 bits per heavy atom. The lowest BCUT2D eigenvalue weighted by atomic mass is 10.0. The number of halogens is 3. The molecule has 1 atom stereocenters. The molecule has 0 fully saturated rings. The van der Waals surface area contributed by atoms with Crippen LogP contribution >= 0.6 is 0 Å². The highest BCUT2D eigenvalue weighted by atomic mass is 19.1. The Labute approximate surface area is 137 Å². The van der Waals surface area contributed by atoms with Crippen LogP contribution < -0.4 is 9.64 Å². The Hall–Kier alpha value is -2.50. The van der Waals surface area contributed by atoms with E-state index in [-0.39, 0.29) is 23.5 Å². The summed E-state index contributed by atoms with van der Waals surface area (Å²) in [5, 5.41) is 0. The minimum atomic E-state index is -0.882. The Bertz CT molecular complexity index is 815. The molecule has 3 rings (SSSR count). The normalized spacial score (nSPS) is 16.8. The number of anilines is 1. The van der Waals surface area contributed by atoms with Crippen LogP contribution in [0.25, 0.3) is 0 Å². The number of nitrogens with zero attached hydrogens (tertiary/aromatic N) is 1. The predicted octanol–water partition coefficient (Wildman–Crippen LogP) is 4.03. The van der Waals surface area contributed by atoms with Gasteiger partial charge in [0.05, 0.1) is 12.2 Å². The molecular weight excluding hydrogens is 319 g/mol. The van der Waals surface area contributed by atoms with Gasteiger partial charge in [-0.3, -0.25) is 4.79 Å². The number of carbonyl (C=O) groups excluding carboxylic acids is 1. The minimum absolute atomic E-state index is 0.0120. The van der Waals surface area contributed by atoms with E-state index in [4.69, 9.17) is 4.74 Å². The van der Waals surface area contributed by atoms with E-state index in [0.717, 1.165) is 18.2 Å². The molecule has 0 bridgehead atoms. The highest BCUT2D eigenvalue weighted by molar-refractivity contribution is 6.00. The molecule has 0 N–H and O–H groups in total. The first-order chi connectivity index (χ1) is 11.3. The molecule has 2 aromatic carbocycles. The number of hydrogen-bond acceptors (Lipinski definition) is 2. The zero-order valence-electron chi connectivity index (χ0n) is 13.5. The molecular formula is C18H16F3NO2. The second kappa shape index (κ2) is 5.85. The van der Waals surface area contributed by atoms with Crippen molar-refractivity contribution in [2.45, 2.75) is 33.4 Å². The summed E-state index contributed by atoms with van der Waals surface area (Å²) in [5.74, 6) is -2.40. The Morgan fingerprint density at radius 1 is 1.08 bits per heavy atom. The zero-order chi connectivity index (χ0) is 17.6. The SMILES string of the molecule is Cc1cc2c(c(F)c1C)O[C@@H](C)C(=O)N2Cc1cc(F)cc(F)c1. The van der Waals surface area contributed by atoms with Crippen molar-refractivity contribution in [3.63, 3.8) is 0 Å². The molecule has 1 aliphatic heterocycles. The molecule has 1 aliphatic rings. The maximum absolute atomic E-state index is 14.5. The fourth-order valence-corrected chi connectivity index (χ4v) is 2.76. The molecule has 0 saturated heterocycles. The van der Waals surface area contributed by atoms with Gasteiger partial charge in [-0.25, -0.2) is 13.2 Å². The van der Waals surface area contributed by atoms with E-state index >= 15 is 0 Å².